The van der Waals surface area contributed by atoms with Crippen molar-refractivity contribution in [1.29, 1.82) is 0 Å². The molecule has 10 nitrogen and oxygen atoms in total. The Hall–Kier alpha value is -4.86. The van der Waals surface area contributed by atoms with Crippen LogP contribution < -0.4 is 32.7 Å². The van der Waals surface area contributed by atoms with Gasteiger partial charge in [0.05, 0.1) is 18.5 Å². The van der Waals surface area contributed by atoms with Crippen LogP contribution in [-0.2, 0) is 22.4 Å². The number of nitrogens with zero attached hydrogens (tertiary/aromatic N) is 2. The number of aromatic nitrogens is 2. The van der Waals surface area contributed by atoms with Crippen LogP contribution in [0.4, 0.5) is 17.2 Å². The maximum Gasteiger partial charge on any atom is 0.229 e. The van der Waals surface area contributed by atoms with E-state index in [2.05, 4.69) is 31.5 Å². The smallest absolute Gasteiger partial charge is 0.229 e. The average molecular weight is 571 g/mol. The summed E-state index contributed by atoms with van der Waals surface area (Å²) in [5, 5.41) is 20.0. The quantitative estimate of drug-likeness (QED) is 0.196. The van der Waals surface area contributed by atoms with E-state index in [1.165, 1.54) is 44.4 Å². The fourth-order valence-electron chi connectivity index (χ4n) is 4.66. The summed E-state index contributed by atoms with van der Waals surface area (Å²) >= 11 is 0. The van der Waals surface area contributed by atoms with Gasteiger partial charge < -0.3 is 32.7 Å². The number of nitrogens with one attached hydrogen (secondary N) is 4. The molecule has 0 radical (unpaired) electrons. The van der Waals surface area contributed by atoms with Crippen LogP contribution in [0.5, 0.6) is 0 Å². The Kier molecular flexibility index (Phi) is 12.9. The van der Waals surface area contributed by atoms with Gasteiger partial charge in [0, 0.05) is 31.4 Å². The number of carbonyl (C=O) groups excluding carboxylic acids is 2. The fraction of sp³-hybridized carbons (Fsp3) is 0.312. The molecule has 0 saturated heterocycles. The number of hydrogen-bond donors (Lipinski definition) is 6. The Morgan fingerprint density at radius 1 is 0.857 bits per heavy atom. The average Bonchev–Trinajstić information content (AvgIpc) is 3.01. The Balaban J connectivity index is 0.000000241. The highest BCUT2D eigenvalue weighted by Gasteiger charge is 2.17. The lowest BCUT2D eigenvalue weighted by Gasteiger charge is -2.20. The third kappa shape index (κ3) is 11.0. The number of hydrogen-bond acceptors (Lipinski definition) is 8. The molecule has 2 aromatic carbocycles. The van der Waals surface area contributed by atoms with Gasteiger partial charge in [-0.2, -0.15) is 5.10 Å². The number of nitrogens with two attached hydrogens (primary N) is 2. The van der Waals surface area contributed by atoms with Crippen LogP contribution in [0.15, 0.2) is 84.8 Å². The second-order valence-corrected chi connectivity index (χ2v) is 10.0. The lowest BCUT2D eigenvalue weighted by atomic mass is 9.87. The van der Waals surface area contributed by atoms with E-state index in [0.717, 1.165) is 28.2 Å². The number of rotatable bonds is 10. The molecule has 222 valence electrons. The first kappa shape index (κ1) is 31.7. The van der Waals surface area contributed by atoms with Crippen molar-refractivity contribution in [3.63, 3.8) is 0 Å². The van der Waals surface area contributed by atoms with Crippen molar-refractivity contribution in [2.24, 2.45) is 11.5 Å². The standard InChI is InChI=1S/C19H24N4O.C13H18N4O/c1-20-16-9-5-6-14(12-16)13-19(24)21-18-11-10-17(22-23-18)15-7-3-2-4-8-15;1-16-11-5-2-4-10(8-11)9-13(18)17-12(15)6-3-7-14/h5-6,9-12,15,20H,2-4,7-8,13H2,1H3,(H,21,23,24);2-8,16H,9,14-15H2,1H3,(H,17,18)/b;7-3-,12-6+. The third-order valence-electron chi connectivity index (χ3n) is 6.81. The normalized spacial score (nSPS) is 13.5. The summed E-state index contributed by atoms with van der Waals surface area (Å²) in [6.45, 7) is 0. The van der Waals surface area contributed by atoms with Crippen LogP contribution in [0.25, 0.3) is 0 Å². The highest BCUT2D eigenvalue weighted by molar-refractivity contribution is 5.91. The van der Waals surface area contributed by atoms with Crippen LogP contribution in [0, 0.1) is 0 Å². The molecular formula is C32H42N8O2. The van der Waals surface area contributed by atoms with E-state index >= 15 is 0 Å². The predicted octanol–water partition coefficient (Wildman–Crippen LogP) is 4.41. The van der Waals surface area contributed by atoms with E-state index in [9.17, 15) is 9.59 Å². The van der Waals surface area contributed by atoms with Gasteiger partial charge in [-0.05, 0) is 78.7 Å². The molecule has 0 atom stereocenters. The van der Waals surface area contributed by atoms with E-state index in [-0.39, 0.29) is 24.1 Å². The van der Waals surface area contributed by atoms with E-state index in [0.29, 0.717) is 18.2 Å². The molecule has 1 saturated carbocycles. The molecule has 10 heteroatoms. The minimum atomic E-state index is -0.164. The van der Waals surface area contributed by atoms with E-state index < -0.39 is 0 Å². The molecule has 42 heavy (non-hydrogen) atoms. The van der Waals surface area contributed by atoms with Gasteiger partial charge in [0.15, 0.2) is 5.82 Å². The molecule has 0 unspecified atom stereocenters. The molecule has 1 aliphatic rings. The van der Waals surface area contributed by atoms with E-state index in [4.69, 9.17) is 11.5 Å². The Labute approximate surface area is 248 Å². The van der Waals surface area contributed by atoms with Gasteiger partial charge in [-0.3, -0.25) is 9.59 Å². The van der Waals surface area contributed by atoms with Gasteiger partial charge >= 0.3 is 0 Å². The van der Waals surface area contributed by atoms with Crippen molar-refractivity contribution in [2.45, 2.75) is 50.9 Å². The molecule has 1 fully saturated rings. The van der Waals surface area contributed by atoms with Gasteiger partial charge in [0.2, 0.25) is 11.8 Å². The Morgan fingerprint density at radius 3 is 2.02 bits per heavy atom. The molecule has 0 aliphatic heterocycles. The molecule has 4 rings (SSSR count). The molecule has 2 amide bonds. The summed E-state index contributed by atoms with van der Waals surface area (Å²) in [5.41, 5.74) is 15.6. The van der Waals surface area contributed by atoms with Crippen molar-refractivity contribution in [2.75, 3.05) is 30.0 Å². The molecule has 1 aromatic heterocycles. The first-order chi connectivity index (χ1) is 20.4. The van der Waals surface area contributed by atoms with E-state index in [1.807, 2.05) is 74.8 Å². The number of benzene rings is 2. The zero-order valence-corrected chi connectivity index (χ0v) is 24.4. The van der Waals surface area contributed by atoms with E-state index in [1.54, 1.807) is 6.08 Å². The van der Waals surface area contributed by atoms with Crippen molar-refractivity contribution in [3.8, 4) is 0 Å². The monoisotopic (exact) mass is 570 g/mol. The maximum atomic E-state index is 12.2. The van der Waals surface area contributed by atoms with Gasteiger partial charge in [-0.25, -0.2) is 0 Å². The van der Waals surface area contributed by atoms with Gasteiger partial charge in [-0.1, -0.05) is 43.5 Å². The summed E-state index contributed by atoms with van der Waals surface area (Å²) in [6.07, 6.45) is 11.3. The predicted molar refractivity (Wildman–Crippen MR) is 170 cm³/mol. The minimum Gasteiger partial charge on any atom is -0.405 e. The number of allylic oxidation sites excluding steroid dienone is 2. The lowest BCUT2D eigenvalue weighted by molar-refractivity contribution is -0.119. The molecular weight excluding hydrogens is 528 g/mol. The first-order valence-electron chi connectivity index (χ1n) is 14.2. The van der Waals surface area contributed by atoms with Crippen LogP contribution in [0.3, 0.4) is 0 Å². The topological polar surface area (TPSA) is 160 Å². The number of anilines is 3. The first-order valence-corrected chi connectivity index (χ1v) is 14.2. The fourth-order valence-corrected chi connectivity index (χ4v) is 4.66. The summed E-state index contributed by atoms with van der Waals surface area (Å²) < 4.78 is 0. The zero-order valence-electron chi connectivity index (χ0n) is 24.4. The maximum absolute atomic E-state index is 12.2. The van der Waals surface area contributed by atoms with Gasteiger partial charge in [-0.15, -0.1) is 5.10 Å². The minimum absolute atomic E-state index is 0.0806. The molecule has 1 aliphatic carbocycles. The number of carbonyl (C=O) groups is 2. The molecule has 3 aromatic rings. The second kappa shape index (κ2) is 17.1. The molecule has 0 spiro atoms. The lowest BCUT2D eigenvalue weighted by Crippen LogP contribution is -2.28. The second-order valence-electron chi connectivity index (χ2n) is 10.0. The van der Waals surface area contributed by atoms with Gasteiger partial charge in [0.1, 0.15) is 5.82 Å². The SMILES string of the molecule is CNc1cccc(CC(=O)N/C(N)=C/C=C\N)c1.CNc1cccc(CC(=O)Nc2ccc(C3CCCCC3)nn2)c1. The molecule has 8 N–H and O–H groups in total. The summed E-state index contributed by atoms with van der Waals surface area (Å²) in [7, 11) is 3.70. The van der Waals surface area contributed by atoms with Crippen molar-refractivity contribution in [1.82, 2.24) is 15.5 Å². The zero-order chi connectivity index (χ0) is 30.2. The molecule has 0 bridgehead atoms. The largest absolute Gasteiger partial charge is 0.405 e. The Morgan fingerprint density at radius 2 is 1.48 bits per heavy atom. The van der Waals surface area contributed by atoms with Crippen molar-refractivity contribution < 1.29 is 9.59 Å². The van der Waals surface area contributed by atoms with Crippen molar-refractivity contribution >= 4 is 29.0 Å². The molecule has 1 heterocycles. The number of amides is 2. The Bertz CT molecular complexity index is 1350. The van der Waals surface area contributed by atoms with Crippen LogP contribution in [-0.4, -0.2) is 36.1 Å². The highest BCUT2D eigenvalue weighted by Crippen LogP contribution is 2.31. The van der Waals surface area contributed by atoms with Crippen LogP contribution >= 0.6 is 0 Å². The summed E-state index contributed by atoms with van der Waals surface area (Å²) in [6, 6.07) is 19.3. The highest BCUT2D eigenvalue weighted by atomic mass is 16.2. The van der Waals surface area contributed by atoms with Gasteiger partial charge in [0.25, 0.3) is 0 Å². The third-order valence-corrected chi connectivity index (χ3v) is 6.81. The van der Waals surface area contributed by atoms with Crippen LogP contribution in [0.1, 0.15) is 54.8 Å². The van der Waals surface area contributed by atoms with Crippen molar-refractivity contribution in [3.05, 3.63) is 102 Å². The summed E-state index contributed by atoms with van der Waals surface area (Å²) in [5.74, 6) is 1.07. The van der Waals surface area contributed by atoms with Crippen LogP contribution in [0.2, 0.25) is 0 Å². The summed E-state index contributed by atoms with van der Waals surface area (Å²) in [4.78, 5) is 23.8.